The van der Waals surface area contributed by atoms with Crippen LogP contribution in [0.3, 0.4) is 0 Å². The van der Waals surface area contributed by atoms with Gasteiger partial charge in [-0.15, -0.1) is 0 Å². The zero-order chi connectivity index (χ0) is 24.9. The smallest absolute Gasteiger partial charge is 0.122 e. The molecular formula is C30H46O2. The van der Waals surface area contributed by atoms with Crippen LogP contribution in [-0.2, 0) is 5.41 Å². The number of aromatic hydroxyl groups is 1. The molecule has 0 saturated heterocycles. The lowest BCUT2D eigenvalue weighted by molar-refractivity contribution is 0.118. The molecule has 0 fully saturated rings. The second-order valence-electron chi connectivity index (χ2n) is 8.40. The first-order chi connectivity index (χ1) is 15.1. The summed E-state index contributed by atoms with van der Waals surface area (Å²) in [6, 6.07) is 12.4. The molecule has 0 spiro atoms. The van der Waals surface area contributed by atoms with Gasteiger partial charge in [0.1, 0.15) is 11.4 Å². The van der Waals surface area contributed by atoms with Gasteiger partial charge in [-0.3, -0.25) is 0 Å². The zero-order valence-corrected chi connectivity index (χ0v) is 22.2. The van der Waals surface area contributed by atoms with Crippen LogP contribution in [0.2, 0.25) is 0 Å². The van der Waals surface area contributed by atoms with Gasteiger partial charge in [0.05, 0.1) is 0 Å². The van der Waals surface area contributed by atoms with E-state index >= 15 is 0 Å². The van der Waals surface area contributed by atoms with Gasteiger partial charge in [0.15, 0.2) is 0 Å². The van der Waals surface area contributed by atoms with Gasteiger partial charge < -0.3 is 10.2 Å². The Hall–Kier alpha value is -2.24. The van der Waals surface area contributed by atoms with E-state index in [9.17, 15) is 10.2 Å². The molecule has 0 bridgehead atoms. The summed E-state index contributed by atoms with van der Waals surface area (Å²) in [4.78, 5) is 0. The van der Waals surface area contributed by atoms with E-state index in [1.54, 1.807) is 13.0 Å². The minimum absolute atomic E-state index is 0.0932. The van der Waals surface area contributed by atoms with Crippen molar-refractivity contribution in [3.8, 4) is 17.6 Å². The summed E-state index contributed by atoms with van der Waals surface area (Å²) in [6.45, 7) is 20.4. The van der Waals surface area contributed by atoms with Crippen LogP contribution >= 0.6 is 0 Å². The van der Waals surface area contributed by atoms with E-state index in [4.69, 9.17) is 0 Å². The van der Waals surface area contributed by atoms with Gasteiger partial charge in [0, 0.05) is 11.0 Å². The van der Waals surface area contributed by atoms with Gasteiger partial charge in [-0.2, -0.15) is 0 Å². The number of hydrogen-bond acceptors (Lipinski definition) is 2. The lowest BCUT2D eigenvalue weighted by atomic mass is 9.70. The van der Waals surface area contributed by atoms with Crippen molar-refractivity contribution < 1.29 is 10.2 Å². The largest absolute Gasteiger partial charge is 0.508 e. The van der Waals surface area contributed by atoms with Crippen molar-refractivity contribution in [1.82, 2.24) is 0 Å². The number of aliphatic hydroxyl groups is 1. The first-order valence-corrected chi connectivity index (χ1v) is 12.3. The van der Waals surface area contributed by atoms with E-state index in [-0.39, 0.29) is 5.41 Å². The predicted octanol–water partition coefficient (Wildman–Crippen LogP) is 8.07. The lowest BCUT2D eigenvalue weighted by Gasteiger charge is -2.34. The topological polar surface area (TPSA) is 40.5 Å². The summed E-state index contributed by atoms with van der Waals surface area (Å²) in [5.74, 6) is 6.45. The molecule has 1 atom stereocenters. The molecule has 178 valence electrons. The van der Waals surface area contributed by atoms with Crippen LogP contribution in [0.1, 0.15) is 109 Å². The molecule has 2 aromatic rings. The summed E-state index contributed by atoms with van der Waals surface area (Å²) in [6.07, 6.45) is 3.80. The highest BCUT2D eigenvalue weighted by Crippen LogP contribution is 2.40. The Morgan fingerprint density at radius 1 is 0.781 bits per heavy atom. The molecular weight excluding hydrogens is 392 g/mol. The van der Waals surface area contributed by atoms with Gasteiger partial charge in [0.2, 0.25) is 0 Å². The van der Waals surface area contributed by atoms with Crippen molar-refractivity contribution in [2.24, 2.45) is 0 Å². The fraction of sp³-hybridized carbons (Fsp3) is 0.533. The maximum Gasteiger partial charge on any atom is 0.122 e. The van der Waals surface area contributed by atoms with Crippen molar-refractivity contribution in [2.75, 3.05) is 0 Å². The van der Waals surface area contributed by atoms with Crippen LogP contribution in [0.25, 0.3) is 0 Å². The molecule has 0 aliphatic carbocycles. The Morgan fingerprint density at radius 2 is 1.25 bits per heavy atom. The van der Waals surface area contributed by atoms with Crippen LogP contribution in [0.5, 0.6) is 5.75 Å². The molecule has 2 nitrogen and oxygen atoms in total. The molecule has 32 heavy (non-hydrogen) atoms. The SMILES string of the molecule is CC.CCC.CCC(C)(O)C#Cc1ccc(C(CC)(CC)c2ccc(O)c(C)c2)cc1C. The summed E-state index contributed by atoms with van der Waals surface area (Å²) in [5.41, 5.74) is 4.43. The Kier molecular flexibility index (Phi) is 13.0. The van der Waals surface area contributed by atoms with E-state index in [2.05, 4.69) is 70.7 Å². The van der Waals surface area contributed by atoms with E-state index in [0.717, 1.165) is 29.5 Å². The maximum absolute atomic E-state index is 10.1. The van der Waals surface area contributed by atoms with Crippen LogP contribution in [0.4, 0.5) is 0 Å². The van der Waals surface area contributed by atoms with Gasteiger partial charge in [-0.25, -0.2) is 0 Å². The van der Waals surface area contributed by atoms with Crippen LogP contribution < -0.4 is 0 Å². The third-order valence-corrected chi connectivity index (χ3v) is 5.89. The lowest BCUT2D eigenvalue weighted by Crippen LogP contribution is -2.26. The summed E-state index contributed by atoms with van der Waals surface area (Å²) < 4.78 is 0. The van der Waals surface area contributed by atoms with E-state index in [0.29, 0.717) is 12.2 Å². The third-order valence-electron chi connectivity index (χ3n) is 5.89. The first kappa shape index (κ1) is 29.8. The molecule has 1 unspecified atom stereocenters. The Morgan fingerprint density at radius 3 is 1.66 bits per heavy atom. The highest BCUT2D eigenvalue weighted by atomic mass is 16.3. The van der Waals surface area contributed by atoms with Crippen molar-refractivity contribution in [1.29, 1.82) is 0 Å². The van der Waals surface area contributed by atoms with Gasteiger partial charge >= 0.3 is 0 Å². The Bertz CT molecular complexity index is 877. The number of rotatable bonds is 5. The molecule has 2 heteroatoms. The van der Waals surface area contributed by atoms with Crippen LogP contribution in [-0.4, -0.2) is 15.8 Å². The summed E-state index contributed by atoms with van der Waals surface area (Å²) in [5, 5.41) is 20.1. The van der Waals surface area contributed by atoms with E-state index in [1.165, 1.54) is 17.5 Å². The molecule has 2 rings (SSSR count). The standard InChI is InChI=1S/C25H32O2.C3H8.C2H6/c1-7-24(6,27)15-14-20-10-11-21(16-18(20)4)25(8-2,9-3)22-12-13-23(26)19(5)17-22;1-3-2;1-2/h10-13,16-17,26-27H,7-9H2,1-6H3;3H2,1-2H3;1-2H3. The van der Waals surface area contributed by atoms with Crippen molar-refractivity contribution >= 4 is 0 Å². The molecule has 0 heterocycles. The number of phenolic OH excluding ortho intramolecular Hbond substituents is 1. The minimum atomic E-state index is -0.953. The Labute approximate surface area is 198 Å². The highest BCUT2D eigenvalue weighted by Gasteiger charge is 2.31. The maximum atomic E-state index is 10.1. The number of benzene rings is 2. The molecule has 0 aliphatic rings. The van der Waals surface area contributed by atoms with E-state index in [1.807, 2.05) is 33.8 Å². The third kappa shape index (κ3) is 7.72. The average molecular weight is 439 g/mol. The van der Waals surface area contributed by atoms with Gasteiger partial charge in [-0.05, 0) is 74.4 Å². The zero-order valence-electron chi connectivity index (χ0n) is 22.2. The van der Waals surface area contributed by atoms with E-state index < -0.39 is 5.60 Å². The van der Waals surface area contributed by atoms with Crippen molar-refractivity contribution in [3.63, 3.8) is 0 Å². The summed E-state index contributed by atoms with van der Waals surface area (Å²) >= 11 is 0. The van der Waals surface area contributed by atoms with Crippen molar-refractivity contribution in [3.05, 3.63) is 64.2 Å². The molecule has 0 aliphatic heterocycles. The molecule has 0 saturated carbocycles. The van der Waals surface area contributed by atoms with Crippen molar-refractivity contribution in [2.45, 2.75) is 106 Å². The Balaban J connectivity index is 0.00000177. The fourth-order valence-corrected chi connectivity index (χ4v) is 3.58. The normalized spacial score (nSPS) is 12.2. The number of aryl methyl sites for hydroxylation is 2. The molecule has 0 amide bonds. The summed E-state index contributed by atoms with van der Waals surface area (Å²) in [7, 11) is 0. The molecule has 2 N–H and O–H groups in total. The molecule has 0 aromatic heterocycles. The van der Waals surface area contributed by atoms with Gasteiger partial charge in [-0.1, -0.05) is 91.0 Å². The van der Waals surface area contributed by atoms with Crippen LogP contribution in [0, 0.1) is 25.7 Å². The first-order valence-electron chi connectivity index (χ1n) is 12.3. The average Bonchev–Trinajstić information content (AvgIpc) is 2.78. The highest BCUT2D eigenvalue weighted by molar-refractivity contribution is 5.50. The molecule has 2 aromatic carbocycles. The van der Waals surface area contributed by atoms with Crippen LogP contribution in [0.15, 0.2) is 36.4 Å². The quantitative estimate of drug-likeness (QED) is 0.463. The second kappa shape index (κ2) is 14.0. The number of hydrogen-bond donors (Lipinski definition) is 2. The monoisotopic (exact) mass is 438 g/mol. The second-order valence-corrected chi connectivity index (χ2v) is 8.40. The predicted molar refractivity (Wildman–Crippen MR) is 140 cm³/mol. The fourth-order valence-electron chi connectivity index (χ4n) is 3.58. The molecule has 0 radical (unpaired) electrons. The number of phenols is 1. The van der Waals surface area contributed by atoms with Gasteiger partial charge in [0.25, 0.3) is 0 Å². The minimum Gasteiger partial charge on any atom is -0.508 e.